The molecule has 72 valence electrons. The largest absolute Gasteiger partial charge is 0.481 e. The smallest absolute Gasteiger partial charge is 0.311 e. The van der Waals surface area contributed by atoms with Gasteiger partial charge >= 0.3 is 5.97 Å². The Morgan fingerprint density at radius 2 is 2.23 bits per heavy atom. The van der Waals surface area contributed by atoms with Crippen LogP contribution >= 0.6 is 0 Å². The molecule has 0 aromatic heterocycles. The molecule has 0 heterocycles. The van der Waals surface area contributed by atoms with Crippen LogP contribution in [0.4, 0.5) is 0 Å². The molecule has 2 nitrogen and oxygen atoms in total. The number of allylic oxidation sites excluding steroid dienone is 1. The fraction of sp³-hybridized carbons (Fsp3) is 0.545. The minimum Gasteiger partial charge on any atom is -0.481 e. The zero-order valence-corrected chi connectivity index (χ0v) is 8.16. The maximum atomic E-state index is 10.6. The summed E-state index contributed by atoms with van der Waals surface area (Å²) in [5.41, 5.74) is 0. The maximum absolute atomic E-state index is 10.6. The quantitative estimate of drug-likeness (QED) is 0.520. The van der Waals surface area contributed by atoms with Gasteiger partial charge in [-0.3, -0.25) is 4.79 Å². The summed E-state index contributed by atoms with van der Waals surface area (Å²) in [4.78, 5) is 10.6. The highest BCUT2D eigenvalue weighted by atomic mass is 16.4. The van der Waals surface area contributed by atoms with Crippen LogP contribution in [0.3, 0.4) is 0 Å². The lowest BCUT2D eigenvalue weighted by Gasteiger charge is -2.04. The van der Waals surface area contributed by atoms with E-state index >= 15 is 0 Å². The Hall–Kier alpha value is -1.23. The van der Waals surface area contributed by atoms with Crippen molar-refractivity contribution >= 4 is 5.97 Å². The summed E-state index contributed by atoms with van der Waals surface area (Å²) in [5, 5.41) is 8.74. The Labute approximate surface area is 79.7 Å². The van der Waals surface area contributed by atoms with Crippen LogP contribution < -0.4 is 0 Å². The topological polar surface area (TPSA) is 37.3 Å². The number of hydrogen-bond donors (Lipinski definition) is 1. The third-order valence-electron chi connectivity index (χ3n) is 1.97. The van der Waals surface area contributed by atoms with Crippen molar-refractivity contribution in [2.45, 2.75) is 26.7 Å². The van der Waals surface area contributed by atoms with E-state index in [1.807, 2.05) is 13.0 Å². The number of carboxylic acid groups (broad SMARTS) is 1. The van der Waals surface area contributed by atoms with Crippen LogP contribution in [0, 0.1) is 24.2 Å². The molecule has 0 spiro atoms. The van der Waals surface area contributed by atoms with Gasteiger partial charge in [0.1, 0.15) is 0 Å². The van der Waals surface area contributed by atoms with Gasteiger partial charge in [-0.2, -0.15) is 0 Å². The molecule has 0 saturated heterocycles. The predicted octanol–water partition coefficient (Wildman–Crippen LogP) is 2.31. The first-order chi connectivity index (χ1) is 6.11. The van der Waals surface area contributed by atoms with Gasteiger partial charge in [0.25, 0.3) is 0 Å². The second-order valence-corrected chi connectivity index (χ2v) is 3.12. The van der Waals surface area contributed by atoms with Gasteiger partial charge in [0, 0.05) is 6.42 Å². The summed E-state index contributed by atoms with van der Waals surface area (Å²) in [6.45, 7) is 4.11. The van der Waals surface area contributed by atoms with Gasteiger partial charge in [0.05, 0.1) is 5.92 Å². The molecule has 0 amide bonds. The van der Waals surface area contributed by atoms with Crippen LogP contribution in [0.5, 0.6) is 0 Å². The van der Waals surface area contributed by atoms with E-state index in [9.17, 15) is 4.79 Å². The molecule has 0 saturated carbocycles. The lowest BCUT2D eigenvalue weighted by molar-refractivity contribution is -0.139. The first kappa shape index (κ1) is 11.8. The normalized spacial score (nSPS) is 15.2. The van der Waals surface area contributed by atoms with Crippen LogP contribution in [0.25, 0.3) is 0 Å². The van der Waals surface area contributed by atoms with Gasteiger partial charge in [-0.15, -0.1) is 12.3 Å². The predicted molar refractivity (Wildman–Crippen MR) is 53.2 cm³/mol. The number of carbonyl (C=O) groups is 1. The average Bonchev–Trinajstić information content (AvgIpc) is 2.11. The van der Waals surface area contributed by atoms with E-state index < -0.39 is 11.9 Å². The minimum atomic E-state index is -0.850. The van der Waals surface area contributed by atoms with E-state index in [2.05, 4.69) is 12.8 Å². The first-order valence-corrected chi connectivity index (χ1v) is 4.46. The number of carboxylic acids is 1. The minimum absolute atomic E-state index is 0.266. The number of hydrogen-bond acceptors (Lipinski definition) is 1. The first-order valence-electron chi connectivity index (χ1n) is 4.46. The van der Waals surface area contributed by atoms with E-state index in [0.29, 0.717) is 5.92 Å². The zero-order chi connectivity index (χ0) is 10.3. The van der Waals surface area contributed by atoms with Gasteiger partial charge in [-0.1, -0.05) is 32.4 Å². The van der Waals surface area contributed by atoms with Crippen molar-refractivity contribution in [1.82, 2.24) is 0 Å². The molecule has 0 aliphatic heterocycles. The molecular formula is C11H16O2. The molecule has 2 atom stereocenters. The molecule has 0 fully saturated rings. The maximum Gasteiger partial charge on any atom is 0.311 e. The summed E-state index contributed by atoms with van der Waals surface area (Å²) in [6, 6.07) is 0. The van der Waals surface area contributed by atoms with Crippen LogP contribution in [0.15, 0.2) is 12.2 Å². The SMILES string of the molecule is C#CCC(/C=C/C(C)CC)C(=O)O. The molecule has 0 aromatic carbocycles. The third-order valence-corrected chi connectivity index (χ3v) is 1.97. The molecule has 0 aliphatic rings. The van der Waals surface area contributed by atoms with E-state index in [-0.39, 0.29) is 6.42 Å². The highest BCUT2D eigenvalue weighted by Crippen LogP contribution is 2.09. The summed E-state index contributed by atoms with van der Waals surface area (Å²) in [5.74, 6) is 1.40. The van der Waals surface area contributed by atoms with Gasteiger partial charge in [-0.25, -0.2) is 0 Å². The fourth-order valence-corrected chi connectivity index (χ4v) is 0.825. The second-order valence-electron chi connectivity index (χ2n) is 3.12. The lowest BCUT2D eigenvalue weighted by Crippen LogP contribution is -2.10. The molecule has 13 heavy (non-hydrogen) atoms. The Kier molecular flexibility index (Phi) is 5.71. The fourth-order valence-electron chi connectivity index (χ4n) is 0.825. The summed E-state index contributed by atoms with van der Waals surface area (Å²) in [7, 11) is 0. The van der Waals surface area contributed by atoms with Crippen LogP contribution in [-0.2, 0) is 4.79 Å². The van der Waals surface area contributed by atoms with Gasteiger partial charge in [0.2, 0.25) is 0 Å². The van der Waals surface area contributed by atoms with E-state index in [4.69, 9.17) is 11.5 Å². The molecule has 1 N–H and O–H groups in total. The standard InChI is InChI=1S/C11H16O2/c1-4-6-10(11(12)13)8-7-9(3)5-2/h1,7-10H,5-6H2,2-3H3,(H,12,13)/b8-7+. The zero-order valence-electron chi connectivity index (χ0n) is 8.16. The molecule has 2 unspecified atom stereocenters. The number of aliphatic carboxylic acids is 1. The Bertz CT molecular complexity index is 223. The molecule has 0 bridgehead atoms. The van der Waals surface area contributed by atoms with Gasteiger partial charge < -0.3 is 5.11 Å². The van der Waals surface area contributed by atoms with Crippen molar-refractivity contribution in [3.05, 3.63) is 12.2 Å². The molecule has 2 heteroatoms. The number of rotatable bonds is 5. The van der Waals surface area contributed by atoms with Gasteiger partial charge in [0.15, 0.2) is 0 Å². The highest BCUT2D eigenvalue weighted by molar-refractivity contribution is 5.72. The van der Waals surface area contributed by atoms with Crippen molar-refractivity contribution < 1.29 is 9.90 Å². The van der Waals surface area contributed by atoms with E-state index in [1.165, 1.54) is 0 Å². The Balaban J connectivity index is 4.18. The van der Waals surface area contributed by atoms with Crippen molar-refractivity contribution in [2.75, 3.05) is 0 Å². The molecule has 0 radical (unpaired) electrons. The second kappa shape index (κ2) is 6.30. The highest BCUT2D eigenvalue weighted by Gasteiger charge is 2.11. The Morgan fingerprint density at radius 1 is 1.62 bits per heavy atom. The third kappa shape index (κ3) is 5.08. The average molecular weight is 180 g/mol. The summed E-state index contributed by atoms with van der Waals surface area (Å²) < 4.78 is 0. The van der Waals surface area contributed by atoms with Crippen LogP contribution in [-0.4, -0.2) is 11.1 Å². The van der Waals surface area contributed by atoms with Crippen molar-refractivity contribution in [1.29, 1.82) is 0 Å². The van der Waals surface area contributed by atoms with E-state index in [1.54, 1.807) is 6.08 Å². The van der Waals surface area contributed by atoms with Crippen LogP contribution in [0.1, 0.15) is 26.7 Å². The van der Waals surface area contributed by atoms with Crippen molar-refractivity contribution in [3.8, 4) is 12.3 Å². The Morgan fingerprint density at radius 3 is 2.62 bits per heavy atom. The van der Waals surface area contributed by atoms with Crippen LogP contribution in [0.2, 0.25) is 0 Å². The lowest BCUT2D eigenvalue weighted by atomic mass is 10.0. The molecular weight excluding hydrogens is 164 g/mol. The van der Waals surface area contributed by atoms with Crippen molar-refractivity contribution in [2.24, 2.45) is 11.8 Å². The molecule has 0 rings (SSSR count). The summed E-state index contributed by atoms with van der Waals surface area (Å²) in [6.07, 6.45) is 9.94. The molecule has 0 aromatic rings. The molecule has 0 aliphatic carbocycles. The monoisotopic (exact) mass is 180 g/mol. The van der Waals surface area contributed by atoms with E-state index in [0.717, 1.165) is 6.42 Å². The van der Waals surface area contributed by atoms with Crippen molar-refractivity contribution in [3.63, 3.8) is 0 Å². The van der Waals surface area contributed by atoms with Gasteiger partial charge in [-0.05, 0) is 5.92 Å². The summed E-state index contributed by atoms with van der Waals surface area (Å²) >= 11 is 0. The number of terminal acetylenes is 1.